The molecule has 2 heterocycles. The van der Waals surface area contributed by atoms with E-state index in [0.29, 0.717) is 19.5 Å². The molecule has 2 saturated heterocycles. The fourth-order valence-electron chi connectivity index (χ4n) is 5.89. The van der Waals surface area contributed by atoms with Crippen molar-refractivity contribution in [3.05, 3.63) is 125 Å². The van der Waals surface area contributed by atoms with Gasteiger partial charge in [-0.15, -0.1) is 0 Å². The molecule has 230 valence electrons. The summed E-state index contributed by atoms with van der Waals surface area (Å²) >= 11 is 0. The van der Waals surface area contributed by atoms with Crippen molar-refractivity contribution in [2.24, 2.45) is 0 Å². The van der Waals surface area contributed by atoms with E-state index in [4.69, 9.17) is 9.47 Å². The second kappa shape index (κ2) is 13.7. The molecule has 8 nitrogen and oxygen atoms in total. The van der Waals surface area contributed by atoms with Gasteiger partial charge in [0.15, 0.2) is 6.29 Å². The highest BCUT2D eigenvalue weighted by molar-refractivity contribution is 7.89. The average Bonchev–Trinajstić information content (AvgIpc) is 3.48. The molecule has 2 aliphatic rings. The molecule has 44 heavy (non-hydrogen) atoms. The van der Waals surface area contributed by atoms with E-state index in [-0.39, 0.29) is 36.4 Å². The average molecular weight is 615 g/mol. The molecular formula is C35H38N2O6S. The van der Waals surface area contributed by atoms with Gasteiger partial charge in [0.25, 0.3) is 0 Å². The molecule has 9 heteroatoms. The van der Waals surface area contributed by atoms with Crippen LogP contribution in [-0.2, 0) is 32.6 Å². The van der Waals surface area contributed by atoms with Gasteiger partial charge in [0.2, 0.25) is 10.0 Å². The summed E-state index contributed by atoms with van der Waals surface area (Å²) in [5, 5.41) is 19.6. The van der Waals surface area contributed by atoms with Crippen molar-refractivity contribution in [3.8, 4) is 11.1 Å². The van der Waals surface area contributed by atoms with Crippen molar-refractivity contribution in [2.45, 2.75) is 55.5 Å². The molecule has 2 aliphatic heterocycles. The molecule has 0 amide bonds. The molecule has 0 spiro atoms. The quantitative estimate of drug-likeness (QED) is 0.232. The van der Waals surface area contributed by atoms with Crippen molar-refractivity contribution < 1.29 is 28.1 Å². The largest absolute Gasteiger partial charge is 0.392 e. The highest BCUT2D eigenvalue weighted by atomic mass is 32.2. The zero-order chi connectivity index (χ0) is 30.5. The van der Waals surface area contributed by atoms with Crippen LogP contribution in [0.5, 0.6) is 0 Å². The maximum atomic E-state index is 12.7. The summed E-state index contributed by atoms with van der Waals surface area (Å²) in [6, 6.07) is 32.1. The standard InChI is InChI=1S/C35H38N2O6S/c38-24-25-12-14-27(15-13-25)34-20-32(23-37-17-16-31(39)22-37)42-35(43-34)30-9-5-8-29(19-30)28-7-4-6-26(18-28)21-36-44(40,41)33-10-2-1-3-11-33/h1-15,18-19,31-32,34-36,38-39H,16-17,20-24H2. The van der Waals surface area contributed by atoms with Crippen LogP contribution in [-0.4, -0.2) is 55.4 Å². The fraction of sp³-hybridized carbons (Fsp3) is 0.314. The minimum Gasteiger partial charge on any atom is -0.392 e. The second-order valence-electron chi connectivity index (χ2n) is 11.5. The SMILES string of the molecule is O=S(=O)(NCc1cccc(-c2cccc(C3OC(CN4CCC(O)C4)CC(c4ccc(CO)cc4)O3)c2)c1)c1ccccc1. The summed E-state index contributed by atoms with van der Waals surface area (Å²) < 4.78 is 41.2. The third-order valence-corrected chi connectivity index (χ3v) is 9.68. The lowest BCUT2D eigenvalue weighted by atomic mass is 9.98. The summed E-state index contributed by atoms with van der Waals surface area (Å²) in [7, 11) is -3.62. The van der Waals surface area contributed by atoms with E-state index >= 15 is 0 Å². The van der Waals surface area contributed by atoms with Crippen LogP contribution in [0.4, 0.5) is 0 Å². The smallest absolute Gasteiger partial charge is 0.240 e. The van der Waals surface area contributed by atoms with Crippen LogP contribution >= 0.6 is 0 Å². The van der Waals surface area contributed by atoms with Crippen LogP contribution in [0, 0.1) is 0 Å². The summed E-state index contributed by atoms with van der Waals surface area (Å²) in [5.74, 6) is 0. The molecule has 0 radical (unpaired) electrons. The van der Waals surface area contributed by atoms with Gasteiger partial charge in [-0.2, -0.15) is 0 Å². The summed E-state index contributed by atoms with van der Waals surface area (Å²) in [5.41, 5.74) is 5.54. The van der Waals surface area contributed by atoms with E-state index in [1.165, 1.54) is 0 Å². The second-order valence-corrected chi connectivity index (χ2v) is 13.3. The number of aliphatic hydroxyl groups is 2. The Morgan fingerprint density at radius 3 is 2.30 bits per heavy atom. The Labute approximate surface area is 258 Å². The number of nitrogens with one attached hydrogen (secondary N) is 1. The minimum atomic E-state index is -3.62. The molecule has 0 saturated carbocycles. The van der Waals surface area contributed by atoms with Gasteiger partial charge in [0.1, 0.15) is 0 Å². The van der Waals surface area contributed by atoms with Gasteiger partial charge in [0, 0.05) is 38.2 Å². The summed E-state index contributed by atoms with van der Waals surface area (Å²) in [6.07, 6.45) is 0.281. The lowest BCUT2D eigenvalue weighted by Gasteiger charge is -2.38. The lowest BCUT2D eigenvalue weighted by molar-refractivity contribution is -0.252. The number of β-amino-alcohol motifs (C(OH)–C–C–N with tert-alkyl or cyclic N) is 1. The Kier molecular flexibility index (Phi) is 9.53. The minimum absolute atomic E-state index is 0.00958. The predicted octanol–water partition coefficient (Wildman–Crippen LogP) is 4.94. The van der Waals surface area contributed by atoms with Crippen molar-refractivity contribution in [1.29, 1.82) is 0 Å². The first kappa shape index (κ1) is 30.6. The van der Waals surface area contributed by atoms with Crippen LogP contribution in [0.1, 0.15) is 47.5 Å². The number of hydrogen-bond acceptors (Lipinski definition) is 7. The highest BCUT2D eigenvalue weighted by Gasteiger charge is 2.34. The van der Waals surface area contributed by atoms with Crippen molar-refractivity contribution >= 4 is 10.0 Å². The molecule has 4 aromatic rings. The van der Waals surface area contributed by atoms with E-state index in [2.05, 4.69) is 15.7 Å². The van der Waals surface area contributed by atoms with Crippen molar-refractivity contribution in [1.82, 2.24) is 9.62 Å². The Morgan fingerprint density at radius 2 is 1.57 bits per heavy atom. The van der Waals surface area contributed by atoms with Crippen LogP contribution in [0.15, 0.2) is 108 Å². The number of benzene rings is 4. The first-order chi connectivity index (χ1) is 21.4. The number of hydrogen-bond donors (Lipinski definition) is 3. The number of nitrogens with zero attached hydrogens (tertiary/aromatic N) is 1. The molecule has 4 atom stereocenters. The highest BCUT2D eigenvalue weighted by Crippen LogP contribution is 2.39. The number of sulfonamides is 1. The number of rotatable bonds is 10. The van der Waals surface area contributed by atoms with Gasteiger partial charge in [0.05, 0.1) is 29.8 Å². The molecule has 4 unspecified atom stereocenters. The van der Waals surface area contributed by atoms with Crippen LogP contribution in [0.25, 0.3) is 11.1 Å². The molecule has 0 aromatic heterocycles. The van der Waals surface area contributed by atoms with E-state index in [1.807, 2.05) is 66.7 Å². The van der Waals surface area contributed by atoms with E-state index in [9.17, 15) is 18.6 Å². The van der Waals surface area contributed by atoms with Crippen molar-refractivity contribution in [2.75, 3.05) is 19.6 Å². The number of ether oxygens (including phenoxy) is 2. The third-order valence-electron chi connectivity index (χ3n) is 8.26. The third kappa shape index (κ3) is 7.44. The molecule has 2 fully saturated rings. The maximum Gasteiger partial charge on any atom is 0.240 e. The Bertz CT molecular complexity index is 1650. The first-order valence-corrected chi connectivity index (χ1v) is 16.5. The van der Waals surface area contributed by atoms with E-state index in [0.717, 1.165) is 46.3 Å². The van der Waals surface area contributed by atoms with Crippen LogP contribution in [0.2, 0.25) is 0 Å². The molecule has 0 aliphatic carbocycles. The topological polar surface area (TPSA) is 108 Å². The van der Waals surface area contributed by atoms with Crippen LogP contribution in [0.3, 0.4) is 0 Å². The predicted molar refractivity (Wildman–Crippen MR) is 168 cm³/mol. The van der Waals surface area contributed by atoms with Gasteiger partial charge in [-0.25, -0.2) is 13.1 Å². The fourth-order valence-corrected chi connectivity index (χ4v) is 6.92. The molecule has 0 bridgehead atoms. The van der Waals surface area contributed by atoms with E-state index < -0.39 is 16.3 Å². The van der Waals surface area contributed by atoms with Gasteiger partial charge < -0.3 is 19.7 Å². The first-order valence-electron chi connectivity index (χ1n) is 15.0. The summed E-state index contributed by atoms with van der Waals surface area (Å²) in [6.45, 7) is 2.36. The normalized spacial score (nSPS) is 22.7. The number of likely N-dealkylation sites (tertiary alicyclic amines) is 1. The summed E-state index contributed by atoms with van der Waals surface area (Å²) in [4.78, 5) is 2.48. The Hall–Kier alpha value is -3.41. The number of aliphatic hydroxyl groups excluding tert-OH is 2. The van der Waals surface area contributed by atoms with Crippen LogP contribution < -0.4 is 4.72 Å². The molecular weight excluding hydrogens is 576 g/mol. The van der Waals surface area contributed by atoms with E-state index in [1.54, 1.807) is 30.3 Å². The van der Waals surface area contributed by atoms with Crippen molar-refractivity contribution in [3.63, 3.8) is 0 Å². The zero-order valence-corrected chi connectivity index (χ0v) is 25.3. The zero-order valence-electron chi connectivity index (χ0n) is 24.5. The van der Waals surface area contributed by atoms with Gasteiger partial charge in [-0.3, -0.25) is 4.90 Å². The van der Waals surface area contributed by atoms with Gasteiger partial charge >= 0.3 is 0 Å². The Balaban J connectivity index is 1.21. The maximum absolute atomic E-state index is 12.7. The molecule has 6 rings (SSSR count). The monoisotopic (exact) mass is 614 g/mol. The Morgan fingerprint density at radius 1 is 0.818 bits per heavy atom. The lowest BCUT2D eigenvalue weighted by Crippen LogP contribution is -2.38. The molecule has 4 aromatic carbocycles. The van der Waals surface area contributed by atoms with Gasteiger partial charge in [-0.1, -0.05) is 78.9 Å². The molecule has 3 N–H and O–H groups in total. The van der Waals surface area contributed by atoms with Gasteiger partial charge in [-0.05, 0) is 58.5 Å².